The number of hydrogen-bond donors (Lipinski definition) is 0. The Kier molecular flexibility index (Phi) is 5.04. The zero-order valence-corrected chi connectivity index (χ0v) is 14.9. The molecule has 0 unspecified atom stereocenters. The number of rotatable bonds is 6. The molecule has 3 rings (SSSR count). The van der Waals surface area contributed by atoms with Gasteiger partial charge in [0.25, 0.3) is 0 Å². The molecule has 0 aliphatic heterocycles. The first-order chi connectivity index (χ1) is 12.4. The average Bonchev–Trinajstić information content (AvgIpc) is 3.14. The van der Waals surface area contributed by atoms with Gasteiger partial charge in [0.1, 0.15) is 16.8 Å². The molecule has 1 atom stereocenters. The van der Waals surface area contributed by atoms with E-state index < -0.39 is 26.7 Å². The number of carbonyl (C=O) groups is 1. The maximum atomic E-state index is 13.1. The highest BCUT2D eigenvalue weighted by Crippen LogP contribution is 2.33. The Labute approximate surface area is 151 Å². The van der Waals surface area contributed by atoms with Crippen LogP contribution in [0.5, 0.6) is 0 Å². The van der Waals surface area contributed by atoms with E-state index in [1.165, 1.54) is 48.7 Å². The Morgan fingerprint density at radius 1 is 1.04 bits per heavy atom. The first-order valence-corrected chi connectivity index (χ1v) is 9.55. The van der Waals surface area contributed by atoms with Crippen molar-refractivity contribution in [2.45, 2.75) is 23.5 Å². The van der Waals surface area contributed by atoms with Gasteiger partial charge in [-0.1, -0.05) is 17.7 Å². The smallest absolute Gasteiger partial charge is 0.188 e. The van der Waals surface area contributed by atoms with Gasteiger partial charge in [-0.05, 0) is 55.5 Å². The van der Waals surface area contributed by atoms with E-state index in [2.05, 4.69) is 0 Å². The monoisotopic (exact) mass is 372 g/mol. The standard InChI is InChI=1S/C20H17FO4S/c1-14-4-10-17(11-5-14)26(23,24)20(19-3-2-12-25-19)13-18(22)15-6-8-16(21)9-7-15/h2-12,20H,13H2,1H3/t20-/m0/s1. The molecule has 0 aliphatic rings. The Morgan fingerprint density at radius 2 is 1.69 bits per heavy atom. The second-order valence-electron chi connectivity index (χ2n) is 6.00. The van der Waals surface area contributed by atoms with Crippen LogP contribution in [0.4, 0.5) is 4.39 Å². The van der Waals surface area contributed by atoms with Crippen LogP contribution in [-0.2, 0) is 9.84 Å². The van der Waals surface area contributed by atoms with Crippen LogP contribution in [0, 0.1) is 12.7 Å². The normalized spacial score (nSPS) is 12.7. The van der Waals surface area contributed by atoms with Crippen molar-refractivity contribution in [2.75, 3.05) is 0 Å². The number of furan rings is 1. The third kappa shape index (κ3) is 3.75. The van der Waals surface area contributed by atoms with Crippen molar-refractivity contribution in [3.05, 3.63) is 89.6 Å². The Bertz CT molecular complexity index is 989. The van der Waals surface area contributed by atoms with E-state index in [1.807, 2.05) is 6.92 Å². The molecular weight excluding hydrogens is 355 g/mol. The van der Waals surface area contributed by atoms with Crippen molar-refractivity contribution in [1.29, 1.82) is 0 Å². The van der Waals surface area contributed by atoms with E-state index in [0.29, 0.717) is 0 Å². The maximum absolute atomic E-state index is 13.1. The van der Waals surface area contributed by atoms with Crippen molar-refractivity contribution in [2.24, 2.45) is 0 Å². The van der Waals surface area contributed by atoms with E-state index in [0.717, 1.165) is 5.56 Å². The van der Waals surface area contributed by atoms with Crippen LogP contribution in [-0.4, -0.2) is 14.2 Å². The van der Waals surface area contributed by atoms with Gasteiger partial charge >= 0.3 is 0 Å². The van der Waals surface area contributed by atoms with Gasteiger partial charge in [0.05, 0.1) is 11.2 Å². The number of sulfone groups is 1. The minimum atomic E-state index is -3.84. The molecule has 2 aromatic carbocycles. The lowest BCUT2D eigenvalue weighted by atomic mass is 10.1. The van der Waals surface area contributed by atoms with Gasteiger partial charge in [0.2, 0.25) is 0 Å². The molecule has 0 saturated carbocycles. The lowest BCUT2D eigenvalue weighted by Crippen LogP contribution is -2.17. The zero-order chi connectivity index (χ0) is 18.7. The molecule has 6 heteroatoms. The minimum Gasteiger partial charge on any atom is -0.468 e. The van der Waals surface area contributed by atoms with Crippen molar-refractivity contribution in [3.8, 4) is 0 Å². The van der Waals surface area contributed by atoms with Gasteiger partial charge < -0.3 is 4.42 Å². The summed E-state index contributed by atoms with van der Waals surface area (Å²) < 4.78 is 44.5. The Morgan fingerprint density at radius 3 is 2.27 bits per heavy atom. The van der Waals surface area contributed by atoms with Crippen molar-refractivity contribution >= 4 is 15.6 Å². The van der Waals surface area contributed by atoms with Gasteiger partial charge in [0.15, 0.2) is 15.6 Å². The first kappa shape index (κ1) is 18.1. The number of aryl methyl sites for hydroxylation is 1. The highest BCUT2D eigenvalue weighted by atomic mass is 32.2. The fraction of sp³-hybridized carbons (Fsp3) is 0.150. The number of hydrogen-bond acceptors (Lipinski definition) is 4. The molecule has 0 bridgehead atoms. The van der Waals surface area contributed by atoms with Gasteiger partial charge in [-0.2, -0.15) is 0 Å². The molecule has 0 saturated heterocycles. The van der Waals surface area contributed by atoms with Crippen LogP contribution in [0.3, 0.4) is 0 Å². The molecule has 0 radical (unpaired) electrons. The van der Waals surface area contributed by atoms with Gasteiger partial charge in [0, 0.05) is 12.0 Å². The number of benzene rings is 2. The molecule has 4 nitrogen and oxygen atoms in total. The number of carbonyl (C=O) groups excluding carboxylic acids is 1. The summed E-state index contributed by atoms with van der Waals surface area (Å²) in [5, 5.41) is -1.15. The number of Topliss-reactive ketones (excluding diaryl/α,β-unsaturated/α-hetero) is 1. The molecule has 0 N–H and O–H groups in total. The van der Waals surface area contributed by atoms with Crippen molar-refractivity contribution < 1.29 is 22.0 Å². The summed E-state index contributed by atoms with van der Waals surface area (Å²) in [5.74, 6) is -0.667. The largest absolute Gasteiger partial charge is 0.468 e. The molecular formula is C20H17FO4S. The fourth-order valence-corrected chi connectivity index (χ4v) is 4.31. The molecule has 0 spiro atoms. The third-order valence-electron chi connectivity index (χ3n) is 4.12. The quantitative estimate of drug-likeness (QED) is 0.597. The second kappa shape index (κ2) is 7.25. The van der Waals surface area contributed by atoms with Gasteiger partial charge in [-0.15, -0.1) is 0 Å². The van der Waals surface area contributed by atoms with E-state index >= 15 is 0 Å². The van der Waals surface area contributed by atoms with Crippen LogP contribution in [0.1, 0.15) is 33.4 Å². The predicted octanol–water partition coefficient (Wildman–Crippen LogP) is 4.52. The molecule has 0 aliphatic carbocycles. The van der Waals surface area contributed by atoms with Gasteiger partial charge in [-0.25, -0.2) is 12.8 Å². The third-order valence-corrected chi connectivity index (χ3v) is 6.20. The summed E-state index contributed by atoms with van der Waals surface area (Å²) in [5.41, 5.74) is 1.18. The van der Waals surface area contributed by atoms with Crippen LogP contribution in [0.25, 0.3) is 0 Å². The van der Waals surface area contributed by atoms with Crippen LogP contribution in [0.15, 0.2) is 76.2 Å². The van der Waals surface area contributed by atoms with E-state index in [4.69, 9.17) is 4.42 Å². The van der Waals surface area contributed by atoms with Crippen molar-refractivity contribution in [3.63, 3.8) is 0 Å². The summed E-state index contributed by atoms with van der Waals surface area (Å²) in [6.07, 6.45) is 1.07. The topological polar surface area (TPSA) is 64.3 Å². The summed E-state index contributed by atoms with van der Waals surface area (Å²) in [4.78, 5) is 12.7. The fourth-order valence-electron chi connectivity index (χ4n) is 2.65. The molecule has 1 heterocycles. The highest BCUT2D eigenvalue weighted by Gasteiger charge is 2.33. The lowest BCUT2D eigenvalue weighted by molar-refractivity contribution is 0.0978. The van der Waals surface area contributed by atoms with Crippen LogP contribution >= 0.6 is 0 Å². The summed E-state index contributed by atoms with van der Waals surface area (Å²) in [7, 11) is -3.84. The van der Waals surface area contributed by atoms with E-state index in [-0.39, 0.29) is 22.6 Å². The number of ketones is 1. The molecule has 3 aromatic rings. The first-order valence-electron chi connectivity index (χ1n) is 8.00. The summed E-state index contributed by atoms with van der Waals surface area (Å²) in [6.45, 7) is 1.86. The molecule has 134 valence electrons. The van der Waals surface area contributed by atoms with Crippen LogP contribution in [0.2, 0.25) is 0 Å². The predicted molar refractivity (Wildman–Crippen MR) is 95.2 cm³/mol. The molecule has 0 amide bonds. The Hall–Kier alpha value is -2.73. The maximum Gasteiger partial charge on any atom is 0.188 e. The molecule has 1 aromatic heterocycles. The van der Waals surface area contributed by atoms with E-state index in [9.17, 15) is 17.6 Å². The minimum absolute atomic E-state index is 0.122. The van der Waals surface area contributed by atoms with E-state index in [1.54, 1.807) is 18.2 Å². The SMILES string of the molecule is Cc1ccc(S(=O)(=O)[C@@H](CC(=O)c2ccc(F)cc2)c2ccco2)cc1. The summed E-state index contributed by atoms with van der Waals surface area (Å²) in [6, 6.07) is 14.6. The van der Waals surface area contributed by atoms with Gasteiger partial charge in [-0.3, -0.25) is 4.79 Å². The van der Waals surface area contributed by atoms with Crippen molar-refractivity contribution in [1.82, 2.24) is 0 Å². The second-order valence-corrected chi connectivity index (χ2v) is 8.13. The summed E-state index contributed by atoms with van der Waals surface area (Å²) >= 11 is 0. The van der Waals surface area contributed by atoms with Crippen LogP contribution < -0.4 is 0 Å². The lowest BCUT2D eigenvalue weighted by Gasteiger charge is -2.15. The average molecular weight is 372 g/mol. The number of halogens is 1. The molecule has 0 fully saturated rings. The molecule has 26 heavy (non-hydrogen) atoms. The Balaban J connectivity index is 1.97. The zero-order valence-electron chi connectivity index (χ0n) is 14.1. The highest BCUT2D eigenvalue weighted by molar-refractivity contribution is 7.91.